The topological polar surface area (TPSA) is 72.2 Å². The van der Waals surface area contributed by atoms with Crippen LogP contribution in [0.1, 0.15) is 5.56 Å². The minimum atomic E-state index is -3.40. The maximum absolute atomic E-state index is 12.8. The number of halogens is 1. The van der Waals surface area contributed by atoms with Gasteiger partial charge in [0.05, 0.1) is 5.75 Å². The fraction of sp³-hybridized carbons (Fsp3) is 0.400. The molecule has 4 nitrogen and oxygen atoms in total. The van der Waals surface area contributed by atoms with Gasteiger partial charge in [-0.1, -0.05) is 12.1 Å². The third-order valence-corrected chi connectivity index (χ3v) is 2.82. The number of nitrogens with one attached hydrogen (secondary N) is 1. The highest BCUT2D eigenvalue weighted by Gasteiger charge is 2.01. The van der Waals surface area contributed by atoms with Gasteiger partial charge >= 0.3 is 0 Å². The summed E-state index contributed by atoms with van der Waals surface area (Å²) >= 11 is 0. The van der Waals surface area contributed by atoms with Crippen LogP contribution in [0.25, 0.3) is 0 Å². The van der Waals surface area contributed by atoms with Gasteiger partial charge in [0.1, 0.15) is 5.82 Å². The quantitative estimate of drug-likeness (QED) is 0.707. The van der Waals surface area contributed by atoms with Gasteiger partial charge in [-0.15, -0.1) is 0 Å². The first-order valence-electron chi connectivity index (χ1n) is 4.93. The Labute approximate surface area is 94.7 Å². The molecule has 0 aliphatic carbocycles. The average molecular weight is 246 g/mol. The van der Waals surface area contributed by atoms with Gasteiger partial charge < -0.3 is 5.32 Å². The van der Waals surface area contributed by atoms with Crippen LogP contribution in [0.2, 0.25) is 0 Å². The number of sulfonamides is 1. The number of primary sulfonamides is 1. The summed E-state index contributed by atoms with van der Waals surface area (Å²) in [5.41, 5.74) is 0.878. The van der Waals surface area contributed by atoms with Gasteiger partial charge in [0, 0.05) is 6.54 Å². The molecule has 0 saturated heterocycles. The van der Waals surface area contributed by atoms with Crippen molar-refractivity contribution in [3.8, 4) is 0 Å². The number of nitrogens with two attached hydrogens (primary N) is 1. The summed E-state index contributed by atoms with van der Waals surface area (Å²) in [4.78, 5) is 0. The number of hydrogen-bond donors (Lipinski definition) is 2. The lowest BCUT2D eigenvalue weighted by Crippen LogP contribution is -2.28. The molecule has 16 heavy (non-hydrogen) atoms. The summed E-state index contributed by atoms with van der Waals surface area (Å²) in [6.45, 7) is 0.910. The van der Waals surface area contributed by atoms with Crippen LogP contribution in [-0.4, -0.2) is 27.3 Å². The van der Waals surface area contributed by atoms with E-state index in [0.717, 1.165) is 5.56 Å². The summed E-state index contributed by atoms with van der Waals surface area (Å²) in [7, 11) is -3.40. The Kier molecular flexibility index (Phi) is 4.85. The Hall–Kier alpha value is -0.980. The molecule has 0 unspecified atom stereocenters. The first-order valence-corrected chi connectivity index (χ1v) is 6.64. The molecule has 1 rings (SSSR count). The van der Waals surface area contributed by atoms with Crippen molar-refractivity contribution in [3.05, 3.63) is 35.6 Å². The highest BCUT2D eigenvalue weighted by Crippen LogP contribution is 2.03. The summed E-state index contributed by atoms with van der Waals surface area (Å²) in [5, 5.41) is 7.76. The first-order chi connectivity index (χ1) is 7.47. The lowest BCUT2D eigenvalue weighted by molar-refractivity contribution is 0.592. The minimum Gasteiger partial charge on any atom is -0.315 e. The van der Waals surface area contributed by atoms with Gasteiger partial charge in [-0.05, 0) is 30.7 Å². The molecule has 0 atom stereocenters. The Morgan fingerprint density at radius 1 is 1.31 bits per heavy atom. The molecule has 0 aliphatic heterocycles. The molecular formula is C10H15FN2O2S. The Balaban J connectivity index is 2.21. The van der Waals surface area contributed by atoms with Crippen LogP contribution in [-0.2, 0) is 16.4 Å². The maximum Gasteiger partial charge on any atom is 0.210 e. The number of hydrogen-bond acceptors (Lipinski definition) is 3. The van der Waals surface area contributed by atoms with Crippen molar-refractivity contribution in [2.24, 2.45) is 5.14 Å². The monoisotopic (exact) mass is 246 g/mol. The molecule has 0 fully saturated rings. The smallest absolute Gasteiger partial charge is 0.210 e. The molecule has 1 aromatic rings. The van der Waals surface area contributed by atoms with Gasteiger partial charge in [-0.25, -0.2) is 17.9 Å². The molecule has 1 aromatic carbocycles. The van der Waals surface area contributed by atoms with Crippen molar-refractivity contribution in [1.29, 1.82) is 0 Å². The third-order valence-electron chi connectivity index (χ3n) is 2.04. The SMILES string of the molecule is NS(=O)(=O)CCNCCc1cccc(F)c1. The van der Waals surface area contributed by atoms with Crippen molar-refractivity contribution in [2.75, 3.05) is 18.8 Å². The predicted octanol–water partition coefficient (Wildman–Crippen LogP) is 0.246. The van der Waals surface area contributed by atoms with E-state index in [4.69, 9.17) is 5.14 Å². The second-order valence-electron chi connectivity index (χ2n) is 3.50. The standard InChI is InChI=1S/C10H15FN2O2S/c11-10-3-1-2-9(8-10)4-5-13-6-7-16(12,14)15/h1-3,8,13H,4-7H2,(H2,12,14,15). The molecule has 0 saturated carbocycles. The lowest BCUT2D eigenvalue weighted by atomic mass is 10.1. The molecule has 0 bridgehead atoms. The van der Waals surface area contributed by atoms with Gasteiger partial charge in [-0.2, -0.15) is 0 Å². The third kappa shape index (κ3) is 5.79. The van der Waals surface area contributed by atoms with E-state index < -0.39 is 10.0 Å². The van der Waals surface area contributed by atoms with E-state index in [2.05, 4.69) is 5.32 Å². The summed E-state index contributed by atoms with van der Waals surface area (Å²) in [6.07, 6.45) is 0.655. The van der Waals surface area contributed by atoms with Crippen molar-refractivity contribution in [2.45, 2.75) is 6.42 Å². The normalized spacial score (nSPS) is 11.6. The van der Waals surface area contributed by atoms with Crippen LogP contribution in [0, 0.1) is 5.82 Å². The maximum atomic E-state index is 12.8. The molecule has 0 amide bonds. The minimum absolute atomic E-state index is 0.0872. The van der Waals surface area contributed by atoms with E-state index in [-0.39, 0.29) is 11.6 Å². The van der Waals surface area contributed by atoms with E-state index in [9.17, 15) is 12.8 Å². The predicted molar refractivity (Wildman–Crippen MR) is 60.9 cm³/mol. The Bertz CT molecular complexity index is 434. The second kappa shape index (κ2) is 5.93. The zero-order chi connectivity index (χ0) is 12.0. The zero-order valence-corrected chi connectivity index (χ0v) is 9.63. The largest absolute Gasteiger partial charge is 0.315 e. The van der Waals surface area contributed by atoms with Crippen molar-refractivity contribution in [3.63, 3.8) is 0 Å². The van der Waals surface area contributed by atoms with Crippen LogP contribution in [0.4, 0.5) is 4.39 Å². The van der Waals surface area contributed by atoms with E-state index in [0.29, 0.717) is 19.5 Å². The summed E-state index contributed by atoms with van der Waals surface area (Å²) < 4.78 is 34.0. The summed E-state index contributed by atoms with van der Waals surface area (Å²) in [5.74, 6) is -0.349. The molecular weight excluding hydrogens is 231 g/mol. The second-order valence-corrected chi connectivity index (χ2v) is 5.23. The van der Waals surface area contributed by atoms with Gasteiger partial charge in [0.2, 0.25) is 10.0 Å². The molecule has 0 radical (unpaired) electrons. The van der Waals surface area contributed by atoms with E-state index in [1.165, 1.54) is 12.1 Å². The molecule has 90 valence electrons. The first kappa shape index (κ1) is 13.1. The summed E-state index contributed by atoms with van der Waals surface area (Å²) in [6, 6.07) is 6.32. The number of benzene rings is 1. The molecule has 0 spiro atoms. The highest BCUT2D eigenvalue weighted by atomic mass is 32.2. The van der Waals surface area contributed by atoms with Gasteiger partial charge in [0.15, 0.2) is 0 Å². The highest BCUT2D eigenvalue weighted by molar-refractivity contribution is 7.89. The van der Waals surface area contributed by atoms with Crippen LogP contribution in [0.3, 0.4) is 0 Å². The zero-order valence-electron chi connectivity index (χ0n) is 8.82. The van der Waals surface area contributed by atoms with Crippen LogP contribution in [0.5, 0.6) is 0 Å². The fourth-order valence-electron chi connectivity index (χ4n) is 1.26. The van der Waals surface area contributed by atoms with Crippen molar-refractivity contribution < 1.29 is 12.8 Å². The van der Waals surface area contributed by atoms with E-state index >= 15 is 0 Å². The van der Waals surface area contributed by atoms with Gasteiger partial charge in [-0.3, -0.25) is 0 Å². The van der Waals surface area contributed by atoms with Gasteiger partial charge in [0.25, 0.3) is 0 Å². The fourth-order valence-corrected chi connectivity index (χ4v) is 1.69. The lowest BCUT2D eigenvalue weighted by Gasteiger charge is -2.04. The molecule has 6 heteroatoms. The van der Waals surface area contributed by atoms with Crippen LogP contribution in [0.15, 0.2) is 24.3 Å². The molecule has 3 N–H and O–H groups in total. The molecule has 0 aliphatic rings. The Morgan fingerprint density at radius 3 is 2.69 bits per heavy atom. The van der Waals surface area contributed by atoms with Crippen LogP contribution < -0.4 is 10.5 Å². The van der Waals surface area contributed by atoms with E-state index in [1.54, 1.807) is 6.07 Å². The molecule has 0 aromatic heterocycles. The average Bonchev–Trinajstić information content (AvgIpc) is 2.15. The van der Waals surface area contributed by atoms with E-state index in [1.807, 2.05) is 6.07 Å². The molecule has 0 heterocycles. The van der Waals surface area contributed by atoms with Crippen molar-refractivity contribution in [1.82, 2.24) is 5.32 Å². The number of rotatable bonds is 6. The van der Waals surface area contributed by atoms with Crippen LogP contribution >= 0.6 is 0 Å². The Morgan fingerprint density at radius 2 is 2.06 bits per heavy atom. The van der Waals surface area contributed by atoms with Crippen molar-refractivity contribution >= 4 is 10.0 Å².